The Morgan fingerprint density at radius 3 is 2.79 bits per heavy atom. The summed E-state index contributed by atoms with van der Waals surface area (Å²) in [6, 6.07) is 7.04. The molecule has 5 nitrogen and oxygen atoms in total. The van der Waals surface area contributed by atoms with Gasteiger partial charge in [-0.15, -0.1) is 6.58 Å². The van der Waals surface area contributed by atoms with Crippen LogP contribution in [0.25, 0.3) is 0 Å². The third kappa shape index (κ3) is 5.22. The second-order valence-corrected chi connectivity index (χ2v) is 5.97. The number of nitrogens with zero attached hydrogens (tertiary/aromatic N) is 2. The fourth-order valence-corrected chi connectivity index (χ4v) is 2.56. The van der Waals surface area contributed by atoms with Crippen LogP contribution in [0.1, 0.15) is 21.7 Å². The Bertz CT molecular complexity index is 749. The fraction of sp³-hybridized carbons (Fsp3) is 0.235. The molecule has 0 unspecified atom stereocenters. The Balaban J connectivity index is 2.00. The van der Waals surface area contributed by atoms with Gasteiger partial charge in [-0.2, -0.15) is 0 Å². The maximum Gasteiger partial charge on any atom is 0.270 e. The highest BCUT2D eigenvalue weighted by atomic mass is 35.5. The zero-order valence-corrected chi connectivity index (χ0v) is 14.8. The summed E-state index contributed by atoms with van der Waals surface area (Å²) in [5.41, 5.74) is 2.00. The summed E-state index contributed by atoms with van der Waals surface area (Å²) in [6.45, 7) is 6.35. The second-order valence-electron chi connectivity index (χ2n) is 5.13. The molecule has 0 atom stereocenters. The highest BCUT2D eigenvalue weighted by Crippen LogP contribution is 2.21. The van der Waals surface area contributed by atoms with Crippen molar-refractivity contribution in [3.63, 3.8) is 0 Å². The minimum absolute atomic E-state index is 0.260. The quantitative estimate of drug-likeness (QED) is 0.735. The van der Waals surface area contributed by atoms with Gasteiger partial charge in [0.05, 0.1) is 0 Å². The average molecular weight is 365 g/mol. The Morgan fingerprint density at radius 1 is 1.29 bits per heavy atom. The van der Waals surface area contributed by atoms with Gasteiger partial charge in [-0.05, 0) is 37.1 Å². The van der Waals surface area contributed by atoms with E-state index in [9.17, 15) is 4.79 Å². The highest BCUT2D eigenvalue weighted by Gasteiger charge is 2.10. The van der Waals surface area contributed by atoms with Crippen LogP contribution in [0.3, 0.4) is 0 Å². The van der Waals surface area contributed by atoms with E-state index in [0.29, 0.717) is 46.9 Å². The number of hydrogen-bond donors (Lipinski definition) is 2. The fourth-order valence-electron chi connectivity index (χ4n) is 2.05. The monoisotopic (exact) mass is 364 g/mol. The summed E-state index contributed by atoms with van der Waals surface area (Å²) in [6.07, 6.45) is 2.30. The number of rotatable bonds is 7. The van der Waals surface area contributed by atoms with Crippen LogP contribution in [0.5, 0.6) is 0 Å². The lowest BCUT2D eigenvalue weighted by Gasteiger charge is -2.09. The molecule has 126 valence electrons. The van der Waals surface area contributed by atoms with Gasteiger partial charge in [0.15, 0.2) is 0 Å². The van der Waals surface area contributed by atoms with Crippen LogP contribution >= 0.6 is 23.2 Å². The zero-order chi connectivity index (χ0) is 17.5. The largest absolute Gasteiger partial charge is 0.354 e. The minimum Gasteiger partial charge on any atom is -0.354 e. The number of benzene rings is 1. The molecular formula is C17H18Cl2N4O. The van der Waals surface area contributed by atoms with E-state index >= 15 is 0 Å². The molecule has 2 aromatic rings. The predicted molar refractivity (Wildman–Crippen MR) is 98.0 cm³/mol. The van der Waals surface area contributed by atoms with Crippen molar-refractivity contribution in [2.24, 2.45) is 0 Å². The number of carbonyl (C=O) groups is 1. The van der Waals surface area contributed by atoms with E-state index < -0.39 is 0 Å². The number of amides is 1. The molecule has 0 saturated heterocycles. The maximum absolute atomic E-state index is 12.0. The summed E-state index contributed by atoms with van der Waals surface area (Å²) in [4.78, 5) is 20.5. The molecule has 0 spiro atoms. The van der Waals surface area contributed by atoms with Gasteiger partial charge in [0, 0.05) is 28.8 Å². The molecule has 0 radical (unpaired) electrons. The number of halogens is 2. The number of aryl methyl sites for hydroxylation is 1. The van der Waals surface area contributed by atoms with Crippen molar-refractivity contribution >= 4 is 35.1 Å². The number of carbonyl (C=O) groups excluding carboxylic acids is 1. The second kappa shape index (κ2) is 8.66. The molecule has 1 aromatic heterocycles. The Hall–Kier alpha value is -2.11. The molecule has 2 N–H and O–H groups in total. The number of nitrogens with one attached hydrogen (secondary N) is 2. The van der Waals surface area contributed by atoms with Crippen LogP contribution in [0, 0.1) is 6.92 Å². The molecule has 0 aliphatic rings. The molecule has 0 bridgehead atoms. The van der Waals surface area contributed by atoms with Crippen LogP contribution < -0.4 is 10.6 Å². The van der Waals surface area contributed by atoms with E-state index in [2.05, 4.69) is 27.2 Å². The molecule has 1 amide bonds. The average Bonchev–Trinajstić information content (AvgIpc) is 2.54. The van der Waals surface area contributed by atoms with Gasteiger partial charge in [0.1, 0.15) is 5.69 Å². The lowest BCUT2D eigenvalue weighted by molar-refractivity contribution is 0.0953. The highest BCUT2D eigenvalue weighted by molar-refractivity contribution is 6.35. The molecule has 0 fully saturated rings. The maximum atomic E-state index is 12.0. The van der Waals surface area contributed by atoms with E-state index in [1.54, 1.807) is 24.3 Å². The topological polar surface area (TPSA) is 66.9 Å². The van der Waals surface area contributed by atoms with Crippen LogP contribution in [0.15, 0.2) is 36.9 Å². The molecule has 24 heavy (non-hydrogen) atoms. The standard InChI is InChI=1S/C17H18Cl2N4O/c1-3-7-20-16(24)15-9-11(2)22-17(23-15)21-8-6-12-4-5-13(18)10-14(12)19/h3-5,9-10H,1,6-8H2,2H3,(H,20,24)(H,21,22,23). The molecule has 0 aliphatic carbocycles. The first-order valence-electron chi connectivity index (χ1n) is 7.42. The molecule has 2 rings (SSSR count). The van der Waals surface area contributed by atoms with Gasteiger partial charge in [-0.1, -0.05) is 35.3 Å². The lowest BCUT2D eigenvalue weighted by atomic mass is 10.1. The Morgan fingerprint density at radius 2 is 2.08 bits per heavy atom. The summed E-state index contributed by atoms with van der Waals surface area (Å²) in [7, 11) is 0. The van der Waals surface area contributed by atoms with E-state index in [0.717, 1.165) is 5.56 Å². The van der Waals surface area contributed by atoms with Crippen LogP contribution in [-0.4, -0.2) is 29.0 Å². The van der Waals surface area contributed by atoms with Crippen molar-refractivity contribution in [3.8, 4) is 0 Å². The predicted octanol–water partition coefficient (Wildman–Crippen LogP) is 3.66. The van der Waals surface area contributed by atoms with E-state index in [1.165, 1.54) is 0 Å². The molecule has 0 saturated carbocycles. The molecule has 1 heterocycles. The van der Waals surface area contributed by atoms with E-state index in [1.807, 2.05) is 13.0 Å². The smallest absolute Gasteiger partial charge is 0.270 e. The van der Waals surface area contributed by atoms with Crippen LogP contribution in [-0.2, 0) is 6.42 Å². The van der Waals surface area contributed by atoms with Crippen molar-refractivity contribution in [2.45, 2.75) is 13.3 Å². The Kier molecular flexibility index (Phi) is 6.58. The van der Waals surface area contributed by atoms with Crippen molar-refractivity contribution < 1.29 is 4.79 Å². The van der Waals surface area contributed by atoms with Gasteiger partial charge in [-0.3, -0.25) is 4.79 Å². The van der Waals surface area contributed by atoms with Crippen molar-refractivity contribution in [3.05, 3.63) is 63.9 Å². The van der Waals surface area contributed by atoms with Gasteiger partial charge in [0.25, 0.3) is 5.91 Å². The Labute approximate surface area is 151 Å². The summed E-state index contributed by atoms with van der Waals surface area (Å²) in [5, 5.41) is 7.04. The summed E-state index contributed by atoms with van der Waals surface area (Å²) < 4.78 is 0. The molecule has 7 heteroatoms. The number of hydrogen-bond acceptors (Lipinski definition) is 4. The third-order valence-corrected chi connectivity index (χ3v) is 3.77. The number of aromatic nitrogens is 2. The van der Waals surface area contributed by atoms with Crippen molar-refractivity contribution in [2.75, 3.05) is 18.4 Å². The minimum atomic E-state index is -0.260. The SMILES string of the molecule is C=CCNC(=O)c1cc(C)nc(NCCc2ccc(Cl)cc2Cl)n1. The van der Waals surface area contributed by atoms with Gasteiger partial charge in [0.2, 0.25) is 5.95 Å². The van der Waals surface area contributed by atoms with Crippen molar-refractivity contribution in [1.29, 1.82) is 0 Å². The number of anilines is 1. The summed E-state index contributed by atoms with van der Waals surface area (Å²) >= 11 is 12.0. The normalized spacial score (nSPS) is 10.3. The third-order valence-electron chi connectivity index (χ3n) is 3.19. The molecule has 0 aliphatic heterocycles. The van der Waals surface area contributed by atoms with Gasteiger partial charge in [-0.25, -0.2) is 9.97 Å². The van der Waals surface area contributed by atoms with Crippen molar-refractivity contribution in [1.82, 2.24) is 15.3 Å². The first kappa shape index (κ1) is 18.2. The van der Waals surface area contributed by atoms with E-state index in [-0.39, 0.29) is 5.91 Å². The first-order chi connectivity index (χ1) is 11.5. The molecule has 1 aromatic carbocycles. The zero-order valence-electron chi connectivity index (χ0n) is 13.3. The first-order valence-corrected chi connectivity index (χ1v) is 8.17. The van der Waals surface area contributed by atoms with Gasteiger partial charge >= 0.3 is 0 Å². The molecular weight excluding hydrogens is 347 g/mol. The lowest BCUT2D eigenvalue weighted by Crippen LogP contribution is -2.25. The summed E-state index contributed by atoms with van der Waals surface area (Å²) in [5.74, 6) is 0.146. The van der Waals surface area contributed by atoms with E-state index in [4.69, 9.17) is 23.2 Å². The van der Waals surface area contributed by atoms with Crippen LogP contribution in [0.2, 0.25) is 10.0 Å². The van der Waals surface area contributed by atoms with Crippen LogP contribution in [0.4, 0.5) is 5.95 Å². The van der Waals surface area contributed by atoms with Gasteiger partial charge < -0.3 is 10.6 Å².